The summed E-state index contributed by atoms with van der Waals surface area (Å²) in [5, 5.41) is 4.41. The maximum absolute atomic E-state index is 5.79. The Balaban J connectivity index is 2.26. The van der Waals surface area contributed by atoms with Crippen LogP contribution in [0.25, 0.3) is 0 Å². The van der Waals surface area contributed by atoms with Gasteiger partial charge >= 0.3 is 0 Å². The van der Waals surface area contributed by atoms with Gasteiger partial charge in [0.1, 0.15) is 10.8 Å². The van der Waals surface area contributed by atoms with E-state index in [-0.39, 0.29) is 0 Å². The molecule has 0 bridgehead atoms. The van der Waals surface area contributed by atoms with Crippen molar-refractivity contribution in [3.8, 4) is 0 Å². The number of thiocarbonyl (C=S) groups is 1. The fourth-order valence-electron chi connectivity index (χ4n) is 2.46. The molecule has 0 saturated heterocycles. The molecule has 1 aliphatic carbocycles. The van der Waals surface area contributed by atoms with Gasteiger partial charge in [-0.15, -0.1) is 0 Å². The molecule has 2 N–H and O–H groups in total. The van der Waals surface area contributed by atoms with E-state index in [2.05, 4.69) is 24.0 Å². The quantitative estimate of drug-likeness (QED) is 0.824. The summed E-state index contributed by atoms with van der Waals surface area (Å²) >= 11 is 5.12. The van der Waals surface area contributed by atoms with E-state index in [4.69, 9.17) is 18.0 Å². The number of anilines is 1. The van der Waals surface area contributed by atoms with Crippen LogP contribution in [0, 0.1) is 18.8 Å². The minimum Gasteiger partial charge on any atom is -0.389 e. The number of nitrogens with zero attached hydrogens (tertiary/aromatic N) is 3. The second-order valence-electron chi connectivity index (χ2n) is 5.13. The van der Waals surface area contributed by atoms with Crippen LogP contribution in [0.15, 0.2) is 0 Å². The minimum absolute atomic E-state index is 0.432. The van der Waals surface area contributed by atoms with Crippen LogP contribution in [-0.2, 0) is 7.05 Å². The van der Waals surface area contributed by atoms with Gasteiger partial charge in [0.15, 0.2) is 0 Å². The van der Waals surface area contributed by atoms with E-state index in [1.807, 2.05) is 18.7 Å². The Hall–Kier alpha value is -1.10. The predicted octanol–water partition coefficient (Wildman–Crippen LogP) is 1.45. The third-order valence-corrected chi connectivity index (χ3v) is 3.79. The Labute approximate surface area is 108 Å². The average Bonchev–Trinajstić information content (AvgIpc) is 2.78. The van der Waals surface area contributed by atoms with Crippen LogP contribution in [-0.4, -0.2) is 28.4 Å². The molecule has 0 aliphatic heterocycles. The number of rotatable bonds is 4. The largest absolute Gasteiger partial charge is 0.389 e. The van der Waals surface area contributed by atoms with Gasteiger partial charge in [-0.2, -0.15) is 5.10 Å². The Morgan fingerprint density at radius 3 is 2.71 bits per heavy atom. The Morgan fingerprint density at radius 2 is 2.24 bits per heavy atom. The molecule has 1 fully saturated rings. The minimum atomic E-state index is 0.432. The number of hydrogen-bond acceptors (Lipinski definition) is 3. The van der Waals surface area contributed by atoms with E-state index >= 15 is 0 Å². The lowest BCUT2D eigenvalue weighted by atomic mass is 10.2. The highest BCUT2D eigenvalue weighted by molar-refractivity contribution is 7.80. The molecule has 0 aromatic carbocycles. The first-order chi connectivity index (χ1) is 7.91. The SMILES string of the molecule is Cc1nn(C)c(N(C)CC2CC2C)c1C(N)=S. The van der Waals surface area contributed by atoms with Gasteiger partial charge in [0, 0.05) is 20.6 Å². The maximum Gasteiger partial charge on any atom is 0.136 e. The Morgan fingerprint density at radius 1 is 1.65 bits per heavy atom. The van der Waals surface area contributed by atoms with Crippen molar-refractivity contribution in [1.29, 1.82) is 0 Å². The third kappa shape index (κ3) is 2.29. The lowest BCUT2D eigenvalue weighted by molar-refractivity contribution is 0.681. The van der Waals surface area contributed by atoms with Gasteiger partial charge in [-0.25, -0.2) is 0 Å². The van der Waals surface area contributed by atoms with Gasteiger partial charge in [-0.05, 0) is 25.2 Å². The summed E-state index contributed by atoms with van der Waals surface area (Å²) in [7, 11) is 4.03. The predicted molar refractivity (Wildman–Crippen MR) is 74.4 cm³/mol. The van der Waals surface area contributed by atoms with E-state index in [1.54, 1.807) is 0 Å². The van der Waals surface area contributed by atoms with Crippen LogP contribution in [0.2, 0.25) is 0 Å². The molecule has 1 aromatic rings. The molecule has 1 heterocycles. The summed E-state index contributed by atoms with van der Waals surface area (Å²) in [6.45, 7) is 5.29. The van der Waals surface area contributed by atoms with Crippen molar-refractivity contribution in [2.24, 2.45) is 24.6 Å². The first-order valence-corrected chi connectivity index (χ1v) is 6.37. The third-order valence-electron chi connectivity index (χ3n) is 3.58. The van der Waals surface area contributed by atoms with Crippen LogP contribution in [0.4, 0.5) is 5.82 Å². The van der Waals surface area contributed by atoms with Crippen LogP contribution in [0.3, 0.4) is 0 Å². The Kier molecular flexibility index (Phi) is 3.12. The van der Waals surface area contributed by atoms with Crippen molar-refractivity contribution in [3.63, 3.8) is 0 Å². The van der Waals surface area contributed by atoms with Crippen molar-refractivity contribution in [1.82, 2.24) is 9.78 Å². The summed E-state index contributed by atoms with van der Waals surface area (Å²) in [4.78, 5) is 2.66. The molecule has 1 saturated carbocycles. The van der Waals surface area contributed by atoms with Crippen molar-refractivity contribution in [2.45, 2.75) is 20.3 Å². The smallest absolute Gasteiger partial charge is 0.136 e. The molecule has 1 aliphatic rings. The molecule has 2 unspecified atom stereocenters. The number of nitrogens with two attached hydrogens (primary N) is 1. The zero-order valence-corrected chi connectivity index (χ0v) is 11.7. The van der Waals surface area contributed by atoms with Crippen molar-refractivity contribution < 1.29 is 0 Å². The monoisotopic (exact) mass is 252 g/mol. The summed E-state index contributed by atoms with van der Waals surface area (Å²) in [5.74, 6) is 2.68. The lowest BCUT2D eigenvalue weighted by Crippen LogP contribution is -2.26. The molecule has 0 radical (unpaired) electrons. The Bertz CT molecular complexity index is 452. The normalized spacial score (nSPS) is 22.6. The van der Waals surface area contributed by atoms with Gasteiger partial charge in [-0.3, -0.25) is 4.68 Å². The summed E-state index contributed by atoms with van der Waals surface area (Å²) in [6, 6.07) is 0. The molecule has 5 heteroatoms. The van der Waals surface area contributed by atoms with E-state index in [1.165, 1.54) is 6.42 Å². The molecule has 2 atom stereocenters. The molecule has 2 rings (SSSR count). The van der Waals surface area contributed by atoms with Crippen LogP contribution < -0.4 is 10.6 Å². The molecule has 17 heavy (non-hydrogen) atoms. The van der Waals surface area contributed by atoms with Gasteiger partial charge in [-0.1, -0.05) is 19.1 Å². The van der Waals surface area contributed by atoms with Gasteiger partial charge < -0.3 is 10.6 Å². The van der Waals surface area contributed by atoms with E-state index in [9.17, 15) is 0 Å². The first-order valence-electron chi connectivity index (χ1n) is 5.96. The molecular weight excluding hydrogens is 232 g/mol. The molecule has 0 amide bonds. The van der Waals surface area contributed by atoms with Crippen molar-refractivity contribution >= 4 is 23.0 Å². The molecule has 1 aromatic heterocycles. The molecule has 0 spiro atoms. The van der Waals surface area contributed by atoms with Gasteiger partial charge in [0.2, 0.25) is 0 Å². The summed E-state index contributed by atoms with van der Waals surface area (Å²) in [6.07, 6.45) is 1.32. The zero-order chi connectivity index (χ0) is 12.7. The average molecular weight is 252 g/mol. The zero-order valence-electron chi connectivity index (χ0n) is 10.9. The first kappa shape index (κ1) is 12.4. The lowest BCUT2D eigenvalue weighted by Gasteiger charge is -2.20. The van der Waals surface area contributed by atoms with E-state index in [0.717, 1.165) is 35.5 Å². The highest BCUT2D eigenvalue weighted by Gasteiger charge is 2.34. The molecule has 94 valence electrons. The molecular formula is C12H20N4S. The van der Waals surface area contributed by atoms with E-state index in [0.29, 0.717) is 4.99 Å². The van der Waals surface area contributed by atoms with Crippen LogP contribution in [0.1, 0.15) is 24.6 Å². The van der Waals surface area contributed by atoms with E-state index < -0.39 is 0 Å². The van der Waals surface area contributed by atoms with Gasteiger partial charge in [0.05, 0.1) is 11.3 Å². The molecule has 4 nitrogen and oxygen atoms in total. The number of aryl methyl sites for hydroxylation is 2. The van der Waals surface area contributed by atoms with Crippen molar-refractivity contribution in [3.05, 3.63) is 11.3 Å². The highest BCUT2D eigenvalue weighted by Crippen LogP contribution is 2.39. The second-order valence-corrected chi connectivity index (χ2v) is 5.57. The maximum atomic E-state index is 5.79. The summed E-state index contributed by atoms with van der Waals surface area (Å²) in [5.41, 5.74) is 7.61. The topological polar surface area (TPSA) is 47.1 Å². The van der Waals surface area contributed by atoms with Crippen LogP contribution >= 0.6 is 12.2 Å². The van der Waals surface area contributed by atoms with Gasteiger partial charge in [0.25, 0.3) is 0 Å². The van der Waals surface area contributed by atoms with Crippen LogP contribution in [0.5, 0.6) is 0 Å². The second kappa shape index (κ2) is 4.29. The highest BCUT2D eigenvalue weighted by atomic mass is 32.1. The number of hydrogen-bond donors (Lipinski definition) is 1. The van der Waals surface area contributed by atoms with Crippen molar-refractivity contribution in [2.75, 3.05) is 18.5 Å². The number of aromatic nitrogens is 2. The fourth-order valence-corrected chi connectivity index (χ4v) is 2.70. The fraction of sp³-hybridized carbons (Fsp3) is 0.667. The standard InChI is InChI=1S/C12H20N4S/c1-7-5-9(7)6-15(3)12-10(11(13)17)8(2)14-16(12)4/h7,9H,5-6H2,1-4H3,(H2,13,17). The summed E-state index contributed by atoms with van der Waals surface area (Å²) < 4.78 is 1.87.